The Morgan fingerprint density at radius 1 is 1.21 bits per heavy atom. The first-order valence-corrected chi connectivity index (χ1v) is 9.52. The van der Waals surface area contributed by atoms with Crippen LogP contribution in [0.2, 0.25) is 0 Å². The van der Waals surface area contributed by atoms with E-state index in [1.54, 1.807) is 12.3 Å². The fraction of sp³-hybridized carbons (Fsp3) is 0.263. The van der Waals surface area contributed by atoms with Crippen molar-refractivity contribution < 1.29 is 13.6 Å². The molecule has 1 aliphatic rings. The third-order valence-electron chi connectivity index (χ3n) is 5.20. The summed E-state index contributed by atoms with van der Waals surface area (Å²) >= 11 is 1.17. The van der Waals surface area contributed by atoms with Gasteiger partial charge in [0.25, 0.3) is 0 Å². The van der Waals surface area contributed by atoms with Crippen molar-refractivity contribution in [2.24, 2.45) is 5.73 Å². The molecule has 1 aliphatic carbocycles. The number of rotatable bonds is 5. The van der Waals surface area contributed by atoms with E-state index in [4.69, 9.17) is 5.73 Å². The molecule has 0 spiro atoms. The van der Waals surface area contributed by atoms with Crippen LogP contribution in [0.15, 0.2) is 36.5 Å². The predicted molar refractivity (Wildman–Crippen MR) is 102 cm³/mol. The van der Waals surface area contributed by atoms with Gasteiger partial charge in [0, 0.05) is 24.4 Å². The molecule has 28 heavy (non-hydrogen) atoms. The molecule has 0 bridgehead atoms. The van der Waals surface area contributed by atoms with Crippen LogP contribution in [-0.2, 0) is 5.54 Å². The Labute approximate surface area is 164 Å². The molecule has 6 nitrogen and oxygen atoms in total. The van der Waals surface area contributed by atoms with E-state index in [1.807, 2.05) is 11.9 Å². The molecule has 0 unspecified atom stereocenters. The van der Waals surface area contributed by atoms with Crippen molar-refractivity contribution in [2.75, 3.05) is 11.9 Å². The second-order valence-corrected chi connectivity index (χ2v) is 7.68. The summed E-state index contributed by atoms with van der Waals surface area (Å²) in [6.45, 7) is 0. The molecular formula is C19H17F2N5OS. The maximum Gasteiger partial charge on any atom is 0.248 e. The minimum absolute atomic E-state index is 0.153. The summed E-state index contributed by atoms with van der Waals surface area (Å²) in [7, 11) is 1.81. The van der Waals surface area contributed by atoms with Crippen LogP contribution in [0, 0.1) is 11.6 Å². The van der Waals surface area contributed by atoms with Gasteiger partial charge in [0.1, 0.15) is 17.3 Å². The van der Waals surface area contributed by atoms with Gasteiger partial charge in [0.05, 0.1) is 5.54 Å². The molecule has 1 saturated carbocycles. The van der Waals surface area contributed by atoms with Gasteiger partial charge in [-0.1, -0.05) is 11.3 Å². The van der Waals surface area contributed by atoms with E-state index in [2.05, 4.69) is 15.2 Å². The monoisotopic (exact) mass is 401 g/mol. The largest absolute Gasteiger partial charge is 0.366 e. The lowest BCUT2D eigenvalue weighted by Crippen LogP contribution is -2.50. The predicted octanol–water partition coefficient (Wildman–Crippen LogP) is 3.49. The number of hydrogen-bond acceptors (Lipinski definition) is 6. The van der Waals surface area contributed by atoms with Crippen molar-refractivity contribution in [1.29, 1.82) is 0 Å². The lowest BCUT2D eigenvalue weighted by molar-refractivity contribution is 0.100. The second kappa shape index (κ2) is 6.90. The zero-order chi connectivity index (χ0) is 19.9. The van der Waals surface area contributed by atoms with Crippen LogP contribution in [0.3, 0.4) is 0 Å². The molecule has 1 amide bonds. The highest BCUT2D eigenvalue weighted by Crippen LogP contribution is 2.48. The molecule has 1 aromatic carbocycles. The van der Waals surface area contributed by atoms with Crippen molar-refractivity contribution in [2.45, 2.75) is 24.8 Å². The Hall–Kier alpha value is -2.94. The number of pyridine rings is 1. The van der Waals surface area contributed by atoms with Crippen LogP contribution >= 0.6 is 11.3 Å². The molecule has 1 fully saturated rings. The van der Waals surface area contributed by atoms with E-state index >= 15 is 0 Å². The summed E-state index contributed by atoms with van der Waals surface area (Å²) in [4.78, 5) is 17.5. The van der Waals surface area contributed by atoms with Gasteiger partial charge in [-0.25, -0.2) is 8.78 Å². The first kappa shape index (κ1) is 18.4. The SMILES string of the molecule is CN(c1nnc(-c2cc(C(N)=O)ccc2F)s1)C1(c2ncccc2F)CCC1. The van der Waals surface area contributed by atoms with Gasteiger partial charge >= 0.3 is 0 Å². The van der Waals surface area contributed by atoms with E-state index < -0.39 is 17.3 Å². The first-order valence-electron chi connectivity index (χ1n) is 8.70. The fourth-order valence-electron chi connectivity index (χ4n) is 3.46. The average Bonchev–Trinajstić information content (AvgIpc) is 3.12. The van der Waals surface area contributed by atoms with Crippen LogP contribution in [0.25, 0.3) is 10.6 Å². The van der Waals surface area contributed by atoms with E-state index in [1.165, 1.54) is 35.6 Å². The van der Waals surface area contributed by atoms with Crippen molar-refractivity contribution in [1.82, 2.24) is 15.2 Å². The highest BCUT2D eigenvalue weighted by Gasteiger charge is 2.46. The third kappa shape index (κ3) is 2.91. The minimum Gasteiger partial charge on any atom is -0.366 e. The zero-order valence-corrected chi connectivity index (χ0v) is 15.8. The summed E-state index contributed by atoms with van der Waals surface area (Å²) in [6.07, 6.45) is 3.99. The van der Waals surface area contributed by atoms with E-state index in [9.17, 15) is 13.6 Å². The highest BCUT2D eigenvalue weighted by molar-refractivity contribution is 7.18. The van der Waals surface area contributed by atoms with Gasteiger partial charge in [-0.15, -0.1) is 10.2 Å². The number of halogens is 2. The van der Waals surface area contributed by atoms with Crippen molar-refractivity contribution in [3.63, 3.8) is 0 Å². The summed E-state index contributed by atoms with van der Waals surface area (Å²) in [6, 6.07) is 6.81. The Balaban J connectivity index is 1.71. The molecule has 144 valence electrons. The number of benzene rings is 1. The van der Waals surface area contributed by atoms with Crippen molar-refractivity contribution >= 4 is 22.4 Å². The van der Waals surface area contributed by atoms with Crippen molar-refractivity contribution in [3.05, 3.63) is 59.4 Å². The number of aromatic nitrogens is 3. The molecule has 2 aromatic heterocycles. The normalized spacial score (nSPS) is 15.1. The maximum atomic E-state index is 14.4. The first-order chi connectivity index (χ1) is 13.4. The number of carbonyl (C=O) groups is 1. The maximum absolute atomic E-state index is 14.4. The Bertz CT molecular complexity index is 1050. The topological polar surface area (TPSA) is 85.0 Å². The number of anilines is 1. The summed E-state index contributed by atoms with van der Waals surface area (Å²) in [5, 5.41) is 9.09. The Morgan fingerprint density at radius 3 is 2.64 bits per heavy atom. The number of nitrogens with two attached hydrogens (primary N) is 1. The van der Waals surface area contributed by atoms with Crippen LogP contribution < -0.4 is 10.6 Å². The number of hydrogen-bond donors (Lipinski definition) is 1. The quantitative estimate of drug-likeness (QED) is 0.707. The zero-order valence-electron chi connectivity index (χ0n) is 15.0. The van der Waals surface area contributed by atoms with Crippen LogP contribution in [0.1, 0.15) is 35.3 Å². The lowest BCUT2D eigenvalue weighted by Gasteiger charge is -2.47. The number of primary amides is 1. The van der Waals surface area contributed by atoms with Gasteiger partial charge in [-0.05, 0) is 49.6 Å². The molecule has 0 atom stereocenters. The van der Waals surface area contributed by atoms with Crippen LogP contribution in [0.5, 0.6) is 0 Å². The summed E-state index contributed by atoms with van der Waals surface area (Å²) < 4.78 is 28.7. The van der Waals surface area contributed by atoms with Gasteiger partial charge in [-0.3, -0.25) is 9.78 Å². The Kier molecular flexibility index (Phi) is 4.54. The molecule has 9 heteroatoms. The van der Waals surface area contributed by atoms with E-state index in [0.29, 0.717) is 15.8 Å². The van der Waals surface area contributed by atoms with E-state index in [0.717, 1.165) is 19.3 Å². The minimum atomic E-state index is -0.651. The summed E-state index contributed by atoms with van der Waals surface area (Å²) in [5.41, 5.74) is 5.40. The van der Waals surface area contributed by atoms with Crippen LogP contribution in [0.4, 0.5) is 13.9 Å². The molecule has 0 radical (unpaired) electrons. The van der Waals surface area contributed by atoms with Crippen LogP contribution in [-0.4, -0.2) is 28.1 Å². The van der Waals surface area contributed by atoms with Gasteiger partial charge in [-0.2, -0.15) is 0 Å². The van der Waals surface area contributed by atoms with Crippen molar-refractivity contribution in [3.8, 4) is 10.6 Å². The Morgan fingerprint density at radius 2 is 2.00 bits per heavy atom. The molecule has 2 heterocycles. The number of carbonyl (C=O) groups excluding carboxylic acids is 1. The van der Waals surface area contributed by atoms with Gasteiger partial charge in [0.15, 0.2) is 5.01 Å². The van der Waals surface area contributed by atoms with Gasteiger partial charge < -0.3 is 10.6 Å². The molecule has 2 N–H and O–H groups in total. The highest BCUT2D eigenvalue weighted by atomic mass is 32.1. The molecule has 0 aliphatic heterocycles. The summed E-state index contributed by atoms with van der Waals surface area (Å²) in [5.74, 6) is -1.54. The average molecular weight is 401 g/mol. The lowest BCUT2D eigenvalue weighted by atomic mass is 9.73. The smallest absolute Gasteiger partial charge is 0.248 e. The standard InChI is InChI=1S/C19H17F2N5OS/c1-26(19(7-3-8-19)15-14(21)4-2-9-23-15)18-25-24-17(28-18)12-10-11(16(22)27)5-6-13(12)20/h2,4-6,9-10H,3,7-8H2,1H3,(H2,22,27). The number of nitrogens with zero attached hydrogens (tertiary/aromatic N) is 4. The van der Waals surface area contributed by atoms with E-state index in [-0.39, 0.29) is 16.9 Å². The van der Waals surface area contributed by atoms with Gasteiger partial charge in [0.2, 0.25) is 11.0 Å². The fourth-order valence-corrected chi connectivity index (χ4v) is 4.37. The molecule has 0 saturated heterocycles. The molecule has 3 aromatic rings. The molecule has 4 rings (SSSR count). The second-order valence-electron chi connectivity index (χ2n) is 6.73. The third-order valence-corrected chi connectivity index (χ3v) is 6.24. The molecular weight excluding hydrogens is 384 g/mol. The number of amides is 1.